The Balaban J connectivity index is 2.01. The highest BCUT2D eigenvalue weighted by Gasteiger charge is 2.06. The van der Waals surface area contributed by atoms with Crippen LogP contribution in [0.4, 0.5) is 5.69 Å². The Labute approximate surface area is 128 Å². The lowest BCUT2D eigenvalue weighted by atomic mass is 10.1. The Bertz CT molecular complexity index is 636. The van der Waals surface area contributed by atoms with Crippen molar-refractivity contribution in [1.82, 2.24) is 5.32 Å². The van der Waals surface area contributed by atoms with E-state index in [2.05, 4.69) is 10.6 Å². The highest BCUT2D eigenvalue weighted by molar-refractivity contribution is 6.30. The molecule has 0 bridgehead atoms. The monoisotopic (exact) mass is 302 g/mol. The number of halogens is 1. The van der Waals surface area contributed by atoms with Crippen molar-refractivity contribution in [3.05, 3.63) is 64.7 Å². The highest BCUT2D eigenvalue weighted by atomic mass is 35.5. The Morgan fingerprint density at radius 2 is 1.62 bits per heavy atom. The molecule has 2 N–H and O–H groups in total. The first-order valence-corrected chi connectivity index (χ1v) is 6.83. The lowest BCUT2D eigenvalue weighted by Gasteiger charge is -2.06. The van der Waals surface area contributed by atoms with Crippen LogP contribution in [0.1, 0.15) is 15.9 Å². The molecule has 21 heavy (non-hydrogen) atoms. The molecule has 2 amide bonds. The van der Waals surface area contributed by atoms with Gasteiger partial charge in [0.25, 0.3) is 5.91 Å². The molecule has 2 aromatic rings. The van der Waals surface area contributed by atoms with E-state index in [1.807, 2.05) is 12.1 Å². The van der Waals surface area contributed by atoms with E-state index in [1.165, 1.54) is 0 Å². The molecule has 0 heterocycles. The van der Waals surface area contributed by atoms with Crippen LogP contribution in [-0.4, -0.2) is 18.9 Å². The smallest absolute Gasteiger partial charge is 0.255 e. The fourth-order valence-corrected chi connectivity index (χ4v) is 1.91. The average molecular weight is 303 g/mol. The lowest BCUT2D eigenvalue weighted by molar-refractivity contribution is -0.119. The zero-order chi connectivity index (χ0) is 15.2. The lowest BCUT2D eigenvalue weighted by Crippen LogP contribution is -2.19. The van der Waals surface area contributed by atoms with Gasteiger partial charge in [-0.1, -0.05) is 23.7 Å². The summed E-state index contributed by atoms with van der Waals surface area (Å²) in [6, 6.07) is 13.8. The van der Waals surface area contributed by atoms with Gasteiger partial charge in [-0.05, 0) is 42.0 Å². The molecule has 0 aliphatic rings. The van der Waals surface area contributed by atoms with Gasteiger partial charge in [0.15, 0.2) is 0 Å². The SMILES string of the molecule is CNC(=O)Cc1ccc(NC(=O)c2ccc(Cl)cc2)cc1. The number of benzene rings is 2. The fraction of sp³-hybridized carbons (Fsp3) is 0.125. The predicted octanol–water partition coefficient (Wildman–Crippen LogP) is 2.88. The molecule has 0 atom stereocenters. The van der Waals surface area contributed by atoms with Gasteiger partial charge >= 0.3 is 0 Å². The summed E-state index contributed by atoms with van der Waals surface area (Å²) < 4.78 is 0. The molecule has 2 rings (SSSR count). The van der Waals surface area contributed by atoms with Crippen molar-refractivity contribution in [1.29, 1.82) is 0 Å². The average Bonchev–Trinajstić information content (AvgIpc) is 2.49. The Morgan fingerprint density at radius 1 is 1.00 bits per heavy atom. The topological polar surface area (TPSA) is 58.2 Å². The van der Waals surface area contributed by atoms with Crippen LogP contribution in [0.5, 0.6) is 0 Å². The van der Waals surface area contributed by atoms with Crippen LogP contribution in [-0.2, 0) is 11.2 Å². The van der Waals surface area contributed by atoms with Crippen LogP contribution >= 0.6 is 11.6 Å². The van der Waals surface area contributed by atoms with Gasteiger partial charge in [-0.2, -0.15) is 0 Å². The van der Waals surface area contributed by atoms with E-state index in [0.29, 0.717) is 22.7 Å². The molecule has 0 fully saturated rings. The number of hydrogen-bond donors (Lipinski definition) is 2. The molecular formula is C16H15ClN2O2. The van der Waals surface area contributed by atoms with Crippen molar-refractivity contribution in [2.24, 2.45) is 0 Å². The zero-order valence-corrected chi connectivity index (χ0v) is 12.3. The van der Waals surface area contributed by atoms with Gasteiger partial charge in [-0.3, -0.25) is 9.59 Å². The second-order valence-corrected chi connectivity index (χ2v) is 4.94. The minimum Gasteiger partial charge on any atom is -0.359 e. The summed E-state index contributed by atoms with van der Waals surface area (Å²) in [5.41, 5.74) is 2.10. The fourth-order valence-electron chi connectivity index (χ4n) is 1.78. The maximum atomic E-state index is 12.0. The number of hydrogen-bond acceptors (Lipinski definition) is 2. The van der Waals surface area contributed by atoms with Crippen LogP contribution in [0, 0.1) is 0 Å². The Hall–Kier alpha value is -2.33. The molecule has 108 valence electrons. The Morgan fingerprint density at radius 3 is 2.19 bits per heavy atom. The summed E-state index contributed by atoms with van der Waals surface area (Å²) in [5, 5.41) is 5.94. The zero-order valence-electron chi connectivity index (χ0n) is 11.5. The summed E-state index contributed by atoms with van der Waals surface area (Å²) in [5.74, 6) is -0.251. The summed E-state index contributed by atoms with van der Waals surface area (Å²) >= 11 is 5.78. The van der Waals surface area contributed by atoms with Crippen molar-refractivity contribution in [2.75, 3.05) is 12.4 Å². The molecule has 4 nitrogen and oxygen atoms in total. The summed E-state index contributed by atoms with van der Waals surface area (Å²) in [6.07, 6.45) is 0.321. The van der Waals surface area contributed by atoms with Crippen LogP contribution in [0.15, 0.2) is 48.5 Å². The number of carbonyl (C=O) groups is 2. The summed E-state index contributed by atoms with van der Waals surface area (Å²) in [7, 11) is 1.60. The van der Waals surface area contributed by atoms with E-state index in [9.17, 15) is 9.59 Å². The molecule has 0 saturated heterocycles. The van der Waals surface area contributed by atoms with E-state index in [1.54, 1.807) is 43.4 Å². The van der Waals surface area contributed by atoms with Gasteiger partial charge < -0.3 is 10.6 Å². The molecule has 5 heteroatoms. The Kier molecular flexibility index (Phi) is 4.95. The first-order valence-electron chi connectivity index (χ1n) is 6.45. The molecule has 2 aromatic carbocycles. The van der Waals surface area contributed by atoms with Crippen molar-refractivity contribution in [3.8, 4) is 0 Å². The van der Waals surface area contributed by atoms with Crippen LogP contribution in [0.3, 0.4) is 0 Å². The van der Waals surface area contributed by atoms with E-state index >= 15 is 0 Å². The first kappa shape index (κ1) is 15.1. The quantitative estimate of drug-likeness (QED) is 0.912. The van der Waals surface area contributed by atoms with Gasteiger partial charge in [0.1, 0.15) is 0 Å². The third kappa shape index (κ3) is 4.33. The number of amides is 2. The number of rotatable bonds is 4. The minimum absolute atomic E-state index is 0.0482. The molecule has 0 aliphatic heterocycles. The minimum atomic E-state index is -0.203. The number of nitrogens with one attached hydrogen (secondary N) is 2. The summed E-state index contributed by atoms with van der Waals surface area (Å²) in [4.78, 5) is 23.3. The van der Waals surface area contributed by atoms with Crippen molar-refractivity contribution >= 4 is 29.1 Å². The third-order valence-corrected chi connectivity index (χ3v) is 3.21. The molecular weight excluding hydrogens is 288 g/mol. The summed E-state index contributed by atoms with van der Waals surface area (Å²) in [6.45, 7) is 0. The maximum absolute atomic E-state index is 12.0. The first-order chi connectivity index (χ1) is 10.1. The predicted molar refractivity (Wildman–Crippen MR) is 83.6 cm³/mol. The number of carbonyl (C=O) groups excluding carboxylic acids is 2. The maximum Gasteiger partial charge on any atom is 0.255 e. The van der Waals surface area contributed by atoms with Crippen LogP contribution < -0.4 is 10.6 Å². The van der Waals surface area contributed by atoms with E-state index in [-0.39, 0.29) is 11.8 Å². The van der Waals surface area contributed by atoms with Gasteiger partial charge in [0.2, 0.25) is 5.91 Å². The number of anilines is 1. The van der Waals surface area contributed by atoms with Crippen molar-refractivity contribution < 1.29 is 9.59 Å². The molecule has 0 spiro atoms. The van der Waals surface area contributed by atoms with E-state index < -0.39 is 0 Å². The molecule has 0 saturated carbocycles. The molecule has 0 aliphatic carbocycles. The highest BCUT2D eigenvalue weighted by Crippen LogP contribution is 2.14. The standard InChI is InChI=1S/C16H15ClN2O2/c1-18-15(20)10-11-2-8-14(9-3-11)19-16(21)12-4-6-13(17)7-5-12/h2-9H,10H2,1H3,(H,18,20)(H,19,21). The van der Waals surface area contributed by atoms with Gasteiger partial charge in [0, 0.05) is 23.3 Å². The second kappa shape index (κ2) is 6.90. The largest absolute Gasteiger partial charge is 0.359 e. The van der Waals surface area contributed by atoms with Gasteiger partial charge in [-0.15, -0.1) is 0 Å². The van der Waals surface area contributed by atoms with Gasteiger partial charge in [-0.25, -0.2) is 0 Å². The van der Waals surface area contributed by atoms with Crippen molar-refractivity contribution in [2.45, 2.75) is 6.42 Å². The molecule has 0 aromatic heterocycles. The third-order valence-electron chi connectivity index (χ3n) is 2.96. The number of likely N-dealkylation sites (N-methyl/N-ethyl adjacent to an activating group) is 1. The molecule has 0 unspecified atom stereocenters. The molecule has 0 radical (unpaired) electrons. The van der Waals surface area contributed by atoms with Gasteiger partial charge in [0.05, 0.1) is 6.42 Å². The van der Waals surface area contributed by atoms with E-state index in [4.69, 9.17) is 11.6 Å². The second-order valence-electron chi connectivity index (χ2n) is 4.51. The van der Waals surface area contributed by atoms with Crippen molar-refractivity contribution in [3.63, 3.8) is 0 Å². The normalized spacial score (nSPS) is 10.0. The van der Waals surface area contributed by atoms with Crippen LogP contribution in [0.2, 0.25) is 5.02 Å². The van der Waals surface area contributed by atoms with E-state index in [0.717, 1.165) is 5.56 Å². The van der Waals surface area contributed by atoms with Crippen LogP contribution in [0.25, 0.3) is 0 Å².